The maximum Gasteiger partial charge on any atom is 0.131 e. The third kappa shape index (κ3) is 3.15. The number of halogens is 3. The van der Waals surface area contributed by atoms with Crippen LogP contribution in [0.2, 0.25) is 0 Å². The van der Waals surface area contributed by atoms with E-state index >= 15 is 0 Å². The first-order valence-electron chi connectivity index (χ1n) is 6.05. The van der Waals surface area contributed by atoms with Crippen molar-refractivity contribution >= 4 is 0 Å². The van der Waals surface area contributed by atoms with Crippen molar-refractivity contribution in [3.05, 3.63) is 71.0 Å². The van der Waals surface area contributed by atoms with Gasteiger partial charge in [0.05, 0.1) is 6.04 Å². The van der Waals surface area contributed by atoms with Crippen molar-refractivity contribution in [1.82, 2.24) is 5.32 Å². The van der Waals surface area contributed by atoms with E-state index in [2.05, 4.69) is 5.32 Å². The molecule has 100 valence electrons. The van der Waals surface area contributed by atoms with Gasteiger partial charge in [0.15, 0.2) is 0 Å². The highest BCUT2D eigenvalue weighted by Crippen LogP contribution is 2.25. The summed E-state index contributed by atoms with van der Waals surface area (Å²) in [5, 5.41) is 3.07. The van der Waals surface area contributed by atoms with E-state index in [1.807, 2.05) is 6.92 Å². The van der Waals surface area contributed by atoms with Gasteiger partial charge in [-0.05, 0) is 30.3 Å². The van der Waals surface area contributed by atoms with Crippen molar-refractivity contribution in [2.24, 2.45) is 0 Å². The van der Waals surface area contributed by atoms with Crippen molar-refractivity contribution in [2.75, 3.05) is 6.54 Å². The predicted molar refractivity (Wildman–Crippen MR) is 68.3 cm³/mol. The molecule has 0 aliphatic rings. The Morgan fingerprint density at radius 3 is 2.37 bits per heavy atom. The molecular weight excluding hydrogens is 251 g/mol. The summed E-state index contributed by atoms with van der Waals surface area (Å²) >= 11 is 0. The van der Waals surface area contributed by atoms with Crippen molar-refractivity contribution in [3.63, 3.8) is 0 Å². The Bertz CT molecular complexity index is 569. The molecule has 0 aromatic heterocycles. The normalized spacial score (nSPS) is 12.4. The van der Waals surface area contributed by atoms with Crippen molar-refractivity contribution in [1.29, 1.82) is 0 Å². The number of hydrogen-bond donors (Lipinski definition) is 1. The van der Waals surface area contributed by atoms with Crippen LogP contribution in [0.15, 0.2) is 42.5 Å². The van der Waals surface area contributed by atoms with E-state index in [-0.39, 0.29) is 5.82 Å². The summed E-state index contributed by atoms with van der Waals surface area (Å²) in [7, 11) is 0. The van der Waals surface area contributed by atoms with Crippen LogP contribution in [0.1, 0.15) is 24.1 Å². The topological polar surface area (TPSA) is 12.0 Å². The van der Waals surface area contributed by atoms with Crippen molar-refractivity contribution in [2.45, 2.75) is 13.0 Å². The van der Waals surface area contributed by atoms with Gasteiger partial charge in [-0.3, -0.25) is 0 Å². The summed E-state index contributed by atoms with van der Waals surface area (Å²) in [6, 6.07) is 8.85. The minimum absolute atomic E-state index is 0.300. The molecule has 0 aliphatic heterocycles. The second-order valence-electron chi connectivity index (χ2n) is 4.21. The average molecular weight is 265 g/mol. The van der Waals surface area contributed by atoms with Crippen LogP contribution in [-0.4, -0.2) is 6.54 Å². The number of rotatable bonds is 4. The lowest BCUT2D eigenvalue weighted by atomic mass is 9.98. The van der Waals surface area contributed by atoms with Crippen LogP contribution in [0.3, 0.4) is 0 Å². The molecule has 0 bridgehead atoms. The zero-order valence-corrected chi connectivity index (χ0v) is 10.5. The number of nitrogens with one attached hydrogen (secondary N) is 1. The summed E-state index contributed by atoms with van der Waals surface area (Å²) < 4.78 is 40.0. The van der Waals surface area contributed by atoms with E-state index < -0.39 is 17.7 Å². The molecule has 0 saturated heterocycles. The van der Waals surface area contributed by atoms with Gasteiger partial charge in [0.2, 0.25) is 0 Å². The monoisotopic (exact) mass is 265 g/mol. The Hall–Kier alpha value is -1.81. The largest absolute Gasteiger partial charge is 0.306 e. The lowest BCUT2D eigenvalue weighted by Gasteiger charge is -2.19. The van der Waals surface area contributed by atoms with Crippen LogP contribution in [0, 0.1) is 17.5 Å². The molecule has 2 aromatic rings. The molecule has 0 spiro atoms. The Morgan fingerprint density at radius 1 is 1.00 bits per heavy atom. The van der Waals surface area contributed by atoms with Crippen molar-refractivity contribution < 1.29 is 13.2 Å². The van der Waals surface area contributed by atoms with E-state index in [1.54, 1.807) is 12.1 Å². The second kappa shape index (κ2) is 5.89. The zero-order valence-electron chi connectivity index (χ0n) is 10.5. The predicted octanol–water partition coefficient (Wildman–Crippen LogP) is 3.80. The molecule has 0 heterocycles. The summed E-state index contributed by atoms with van der Waals surface area (Å²) in [5.41, 5.74) is 0.904. The first kappa shape index (κ1) is 13.6. The fourth-order valence-corrected chi connectivity index (χ4v) is 2.03. The summed E-state index contributed by atoms with van der Waals surface area (Å²) in [6.07, 6.45) is 0. The van der Waals surface area contributed by atoms with Crippen LogP contribution in [0.4, 0.5) is 13.2 Å². The Labute approximate surface area is 110 Å². The first-order chi connectivity index (χ1) is 9.11. The lowest BCUT2D eigenvalue weighted by molar-refractivity contribution is 0.538. The molecule has 0 radical (unpaired) electrons. The first-order valence-corrected chi connectivity index (χ1v) is 6.05. The van der Waals surface area contributed by atoms with Gasteiger partial charge in [-0.2, -0.15) is 0 Å². The van der Waals surface area contributed by atoms with E-state index in [0.717, 1.165) is 6.07 Å². The van der Waals surface area contributed by atoms with E-state index in [9.17, 15) is 13.2 Å². The maximum atomic E-state index is 13.8. The van der Waals surface area contributed by atoms with Gasteiger partial charge < -0.3 is 5.32 Å². The minimum Gasteiger partial charge on any atom is -0.306 e. The lowest BCUT2D eigenvalue weighted by Crippen LogP contribution is -2.23. The van der Waals surface area contributed by atoms with E-state index in [4.69, 9.17) is 0 Å². The van der Waals surface area contributed by atoms with E-state index in [0.29, 0.717) is 17.7 Å². The number of benzene rings is 2. The molecule has 0 amide bonds. The molecule has 1 nitrogen and oxygen atoms in total. The van der Waals surface area contributed by atoms with Crippen LogP contribution in [0.5, 0.6) is 0 Å². The molecule has 0 fully saturated rings. The smallest absolute Gasteiger partial charge is 0.131 e. The quantitative estimate of drug-likeness (QED) is 0.886. The Morgan fingerprint density at radius 2 is 1.74 bits per heavy atom. The molecule has 1 unspecified atom stereocenters. The zero-order chi connectivity index (χ0) is 13.8. The molecule has 4 heteroatoms. The van der Waals surface area contributed by atoms with Crippen LogP contribution >= 0.6 is 0 Å². The number of hydrogen-bond acceptors (Lipinski definition) is 1. The highest BCUT2D eigenvalue weighted by atomic mass is 19.1. The van der Waals surface area contributed by atoms with Gasteiger partial charge in [0.1, 0.15) is 17.5 Å². The van der Waals surface area contributed by atoms with Gasteiger partial charge in [0.25, 0.3) is 0 Å². The summed E-state index contributed by atoms with van der Waals surface area (Å²) in [6.45, 7) is 2.45. The molecule has 0 saturated carbocycles. The minimum atomic E-state index is -0.643. The molecule has 19 heavy (non-hydrogen) atoms. The Balaban J connectivity index is 2.45. The van der Waals surface area contributed by atoms with Crippen LogP contribution in [0.25, 0.3) is 0 Å². The summed E-state index contributed by atoms with van der Waals surface area (Å²) in [4.78, 5) is 0. The standard InChI is InChI=1S/C15H14F3N/c1-2-19-15(10-4-3-5-11(16)8-10)13-7-6-12(17)9-14(13)18/h3-9,15,19H,2H2,1H3. The van der Waals surface area contributed by atoms with Crippen LogP contribution < -0.4 is 5.32 Å². The fourth-order valence-electron chi connectivity index (χ4n) is 2.03. The van der Waals surface area contributed by atoms with Gasteiger partial charge in [-0.15, -0.1) is 0 Å². The molecule has 1 atom stereocenters. The van der Waals surface area contributed by atoms with Gasteiger partial charge in [0, 0.05) is 11.6 Å². The maximum absolute atomic E-state index is 13.8. The third-order valence-corrected chi connectivity index (χ3v) is 2.86. The molecule has 2 aromatic carbocycles. The summed E-state index contributed by atoms with van der Waals surface area (Å²) in [5.74, 6) is -1.66. The van der Waals surface area contributed by atoms with Gasteiger partial charge in [-0.1, -0.05) is 25.1 Å². The average Bonchev–Trinajstić information content (AvgIpc) is 2.37. The van der Waals surface area contributed by atoms with E-state index in [1.165, 1.54) is 24.3 Å². The van der Waals surface area contributed by atoms with Gasteiger partial charge >= 0.3 is 0 Å². The highest BCUT2D eigenvalue weighted by Gasteiger charge is 2.17. The third-order valence-electron chi connectivity index (χ3n) is 2.86. The van der Waals surface area contributed by atoms with Gasteiger partial charge in [-0.25, -0.2) is 13.2 Å². The highest BCUT2D eigenvalue weighted by molar-refractivity contribution is 5.33. The molecular formula is C15H14F3N. The Kier molecular flexibility index (Phi) is 4.22. The molecule has 0 aliphatic carbocycles. The SMILES string of the molecule is CCNC(c1cccc(F)c1)c1ccc(F)cc1F. The van der Waals surface area contributed by atoms with Crippen molar-refractivity contribution in [3.8, 4) is 0 Å². The molecule has 1 N–H and O–H groups in total. The second-order valence-corrected chi connectivity index (χ2v) is 4.21. The fraction of sp³-hybridized carbons (Fsp3) is 0.200. The van der Waals surface area contributed by atoms with Crippen LogP contribution in [-0.2, 0) is 0 Å². The molecule has 2 rings (SSSR count).